The second kappa shape index (κ2) is 10.4. The Morgan fingerprint density at radius 1 is 1.00 bits per heavy atom. The Morgan fingerprint density at radius 2 is 1.71 bits per heavy atom. The molecule has 2 aromatic rings. The van der Waals surface area contributed by atoms with E-state index in [9.17, 15) is 24.3 Å². The van der Waals surface area contributed by atoms with Gasteiger partial charge in [0, 0.05) is 5.92 Å². The molecular weight excluding hydrogens is 647 g/mol. The number of halogens is 3. The highest BCUT2D eigenvalue weighted by Crippen LogP contribution is 2.65. The van der Waals surface area contributed by atoms with Crippen molar-refractivity contribution in [2.75, 3.05) is 17.0 Å². The van der Waals surface area contributed by atoms with Crippen LogP contribution in [0.4, 0.5) is 5.69 Å². The normalized spacial score (nSPS) is 32.1. The number of aromatic hydroxyl groups is 1. The van der Waals surface area contributed by atoms with E-state index in [-0.39, 0.29) is 48.2 Å². The fourth-order valence-electron chi connectivity index (χ4n) is 7.24. The molecule has 0 aromatic heterocycles. The molecule has 6 atom stereocenters. The lowest BCUT2D eigenvalue weighted by Gasteiger charge is -2.50. The summed E-state index contributed by atoms with van der Waals surface area (Å²) in [6.07, 6.45) is 2.88. The number of phenolic OH excluding ortho intramolecular Hbond substituents is 1. The molecule has 6 rings (SSSR count). The quantitative estimate of drug-likeness (QED) is 0.194. The summed E-state index contributed by atoms with van der Waals surface area (Å²) in [7, 11) is 0. The van der Waals surface area contributed by atoms with E-state index in [2.05, 4.69) is 15.9 Å². The van der Waals surface area contributed by atoms with E-state index in [0.717, 1.165) is 16.9 Å². The number of ether oxygens (including phenoxy) is 1. The zero-order valence-corrected chi connectivity index (χ0v) is 26.1. The lowest BCUT2D eigenvalue weighted by Crippen LogP contribution is -2.60. The van der Waals surface area contributed by atoms with Crippen molar-refractivity contribution in [1.29, 1.82) is 0 Å². The Labute approximate surface area is 261 Å². The van der Waals surface area contributed by atoms with Crippen molar-refractivity contribution in [1.82, 2.24) is 4.90 Å². The summed E-state index contributed by atoms with van der Waals surface area (Å²) >= 11 is 17.8. The maximum Gasteiger partial charge on any atom is 0.254 e. The standard InChI is InChI=1S/C31H29BrCl2N2O6/c1-3-16-5-8-18(9-6-16)36-26(38)20-11-10-19-21(24(20)27(36)39)14-30(33)28(40)35(15-32)29(41)31(30,34)25(19)17-7-12-22(37)23(13-17)42-4-2/h5-10,12-13,20-21,24-25,37H,3-4,11,14-15H2,1-2H3/t20-,21+,24-,25-,30+,31-/m0/s1. The Balaban J connectivity index is 1.50. The number of carbonyl (C=O) groups is 4. The van der Waals surface area contributed by atoms with Gasteiger partial charge in [-0.1, -0.05) is 52.7 Å². The SMILES string of the molecule is CCOc1cc([C@H]2C3=CC[C@@H]4C(=O)N(c5ccc(CC)cc5)C(=O)[C@@H]4[C@@H]3C[C@@]3(Cl)C(=O)N(CBr)C(=O)[C@@]23Cl)ccc1O. The van der Waals surface area contributed by atoms with Crippen molar-refractivity contribution in [2.24, 2.45) is 17.8 Å². The van der Waals surface area contributed by atoms with Crippen LogP contribution in [0.15, 0.2) is 54.1 Å². The zero-order chi connectivity index (χ0) is 30.1. The third-order valence-electron chi connectivity index (χ3n) is 9.23. The van der Waals surface area contributed by atoms with Crippen LogP contribution >= 0.6 is 39.1 Å². The number of likely N-dealkylation sites (tertiary alicyclic amines) is 1. The molecule has 4 aliphatic rings. The van der Waals surface area contributed by atoms with Gasteiger partial charge in [0.25, 0.3) is 11.8 Å². The third kappa shape index (κ3) is 3.85. The number of benzene rings is 2. The maximum absolute atomic E-state index is 14.1. The number of hydrogen-bond acceptors (Lipinski definition) is 6. The minimum Gasteiger partial charge on any atom is -0.504 e. The molecule has 8 nitrogen and oxygen atoms in total. The van der Waals surface area contributed by atoms with E-state index in [4.69, 9.17) is 27.9 Å². The average Bonchev–Trinajstić information content (AvgIpc) is 3.32. The molecule has 2 aliphatic heterocycles. The minimum atomic E-state index is -1.92. The van der Waals surface area contributed by atoms with E-state index in [1.807, 2.05) is 25.1 Å². The van der Waals surface area contributed by atoms with Crippen molar-refractivity contribution in [3.05, 3.63) is 65.2 Å². The Hall–Kier alpha value is -2.88. The van der Waals surface area contributed by atoms with Crippen LogP contribution in [0.2, 0.25) is 0 Å². The molecule has 0 radical (unpaired) electrons. The summed E-state index contributed by atoms with van der Waals surface area (Å²) < 4.78 is 5.62. The molecule has 0 unspecified atom stereocenters. The molecule has 2 heterocycles. The molecule has 4 amide bonds. The molecule has 2 saturated heterocycles. The summed E-state index contributed by atoms with van der Waals surface area (Å²) in [5.74, 6) is -4.86. The largest absolute Gasteiger partial charge is 0.504 e. The average molecular weight is 676 g/mol. The van der Waals surface area contributed by atoms with Crippen LogP contribution in [0.25, 0.3) is 0 Å². The number of amides is 4. The zero-order valence-electron chi connectivity index (χ0n) is 23.0. The van der Waals surface area contributed by atoms with Crippen molar-refractivity contribution in [3.8, 4) is 11.5 Å². The van der Waals surface area contributed by atoms with Crippen LogP contribution in [-0.4, -0.2) is 55.4 Å². The molecule has 0 spiro atoms. The van der Waals surface area contributed by atoms with Gasteiger partial charge >= 0.3 is 0 Å². The van der Waals surface area contributed by atoms with Crippen LogP contribution < -0.4 is 9.64 Å². The first-order valence-corrected chi connectivity index (χ1v) is 15.8. The molecule has 1 N–H and O–H groups in total. The fourth-order valence-corrected chi connectivity index (χ4v) is 8.67. The first-order chi connectivity index (χ1) is 20.0. The van der Waals surface area contributed by atoms with Crippen LogP contribution in [-0.2, 0) is 25.6 Å². The highest BCUT2D eigenvalue weighted by atomic mass is 79.9. The van der Waals surface area contributed by atoms with Gasteiger partial charge in [-0.3, -0.25) is 29.0 Å². The number of aryl methyl sites for hydroxylation is 1. The fraction of sp³-hybridized carbons (Fsp3) is 0.419. The summed E-state index contributed by atoms with van der Waals surface area (Å²) in [4.78, 5) is 53.9. The number of hydrogen-bond donors (Lipinski definition) is 1. The molecule has 42 heavy (non-hydrogen) atoms. The second-order valence-corrected chi connectivity index (χ2v) is 12.9. The topological polar surface area (TPSA) is 104 Å². The molecule has 220 valence electrons. The van der Waals surface area contributed by atoms with Gasteiger partial charge in [-0.15, -0.1) is 23.2 Å². The number of imide groups is 2. The second-order valence-electron chi connectivity index (χ2n) is 11.2. The van der Waals surface area contributed by atoms with Crippen molar-refractivity contribution < 1.29 is 29.0 Å². The lowest BCUT2D eigenvalue weighted by molar-refractivity contribution is -0.138. The predicted octanol–water partition coefficient (Wildman–Crippen LogP) is 5.27. The summed E-state index contributed by atoms with van der Waals surface area (Å²) in [5, 5.41) is 10.4. The van der Waals surface area contributed by atoms with Crippen molar-refractivity contribution in [2.45, 2.75) is 48.8 Å². The van der Waals surface area contributed by atoms with Crippen LogP contribution in [0.3, 0.4) is 0 Å². The monoisotopic (exact) mass is 674 g/mol. The number of phenols is 1. The minimum absolute atomic E-state index is 0.0896. The van der Waals surface area contributed by atoms with E-state index < -0.39 is 45.2 Å². The van der Waals surface area contributed by atoms with Crippen LogP contribution in [0.5, 0.6) is 11.5 Å². The highest BCUT2D eigenvalue weighted by molar-refractivity contribution is 9.09. The highest BCUT2D eigenvalue weighted by Gasteiger charge is 2.76. The van der Waals surface area contributed by atoms with Gasteiger partial charge in [0.15, 0.2) is 21.2 Å². The number of carbonyl (C=O) groups excluding carboxylic acids is 4. The number of anilines is 1. The Kier molecular flexibility index (Phi) is 7.22. The van der Waals surface area contributed by atoms with E-state index in [0.29, 0.717) is 16.8 Å². The lowest BCUT2D eigenvalue weighted by atomic mass is 9.56. The van der Waals surface area contributed by atoms with E-state index >= 15 is 0 Å². The summed E-state index contributed by atoms with van der Waals surface area (Å²) in [5.41, 5.74) is 2.66. The van der Waals surface area contributed by atoms with Gasteiger partial charge in [-0.25, -0.2) is 0 Å². The molecular formula is C31H29BrCl2N2O6. The smallest absolute Gasteiger partial charge is 0.254 e. The van der Waals surface area contributed by atoms with Gasteiger partial charge in [-0.2, -0.15) is 0 Å². The van der Waals surface area contributed by atoms with Crippen LogP contribution in [0, 0.1) is 17.8 Å². The first-order valence-electron chi connectivity index (χ1n) is 14.0. The van der Waals surface area contributed by atoms with Gasteiger partial charge in [-0.05, 0) is 67.5 Å². The van der Waals surface area contributed by atoms with Gasteiger partial charge in [0.05, 0.1) is 29.6 Å². The molecule has 0 bridgehead atoms. The van der Waals surface area contributed by atoms with Gasteiger partial charge < -0.3 is 9.84 Å². The van der Waals surface area contributed by atoms with Gasteiger partial charge in [0.2, 0.25) is 11.8 Å². The predicted molar refractivity (Wildman–Crippen MR) is 161 cm³/mol. The molecule has 2 aliphatic carbocycles. The number of rotatable bonds is 6. The number of alkyl halides is 3. The molecule has 2 aromatic carbocycles. The van der Waals surface area contributed by atoms with E-state index in [1.165, 1.54) is 11.0 Å². The Morgan fingerprint density at radius 3 is 2.36 bits per heavy atom. The summed E-state index contributed by atoms with van der Waals surface area (Å²) in [6, 6.07) is 12.0. The third-order valence-corrected chi connectivity index (χ3v) is 11.1. The summed E-state index contributed by atoms with van der Waals surface area (Å²) in [6.45, 7) is 4.08. The molecule has 11 heteroatoms. The number of allylic oxidation sites excluding steroid dienone is 2. The first kappa shape index (κ1) is 29.2. The Bertz CT molecular complexity index is 1550. The van der Waals surface area contributed by atoms with Crippen LogP contribution in [0.1, 0.15) is 43.7 Å². The number of nitrogens with zero attached hydrogens (tertiary/aromatic N) is 2. The van der Waals surface area contributed by atoms with E-state index in [1.54, 1.807) is 31.2 Å². The molecule has 3 fully saturated rings. The molecule has 1 saturated carbocycles. The number of fused-ring (bicyclic) bond motifs is 4. The van der Waals surface area contributed by atoms with Crippen molar-refractivity contribution >= 4 is 68.4 Å². The maximum atomic E-state index is 14.1. The van der Waals surface area contributed by atoms with Crippen molar-refractivity contribution in [3.63, 3.8) is 0 Å². The van der Waals surface area contributed by atoms with Gasteiger partial charge in [0.1, 0.15) is 0 Å².